The normalized spacial score (nSPS) is 16.8. The van der Waals surface area contributed by atoms with Gasteiger partial charge in [-0.3, -0.25) is 0 Å². The van der Waals surface area contributed by atoms with Gasteiger partial charge in [0.25, 0.3) is 0 Å². The molecule has 0 saturated heterocycles. The van der Waals surface area contributed by atoms with Gasteiger partial charge in [-0.05, 0) is 19.3 Å². The summed E-state index contributed by atoms with van der Waals surface area (Å²) in [5.74, 6) is 4.08. The monoisotopic (exact) mass is 276 g/mol. The van der Waals surface area contributed by atoms with Crippen LogP contribution in [0, 0.1) is 0 Å². The Labute approximate surface area is 118 Å². The van der Waals surface area contributed by atoms with E-state index >= 15 is 0 Å². The minimum atomic E-state index is 0.237. The molecule has 1 aliphatic carbocycles. The van der Waals surface area contributed by atoms with Crippen LogP contribution in [-0.4, -0.2) is 20.3 Å². The maximum absolute atomic E-state index is 5.28. The molecule has 0 N–H and O–H groups in total. The van der Waals surface area contributed by atoms with E-state index in [0.29, 0.717) is 17.7 Å². The molecule has 1 unspecified atom stereocenters. The van der Waals surface area contributed by atoms with Gasteiger partial charge in [0.05, 0.1) is 0 Å². The third kappa shape index (κ3) is 2.89. The van der Waals surface area contributed by atoms with E-state index in [-0.39, 0.29) is 5.92 Å². The highest BCUT2D eigenvalue weighted by atomic mass is 16.5. The lowest BCUT2D eigenvalue weighted by atomic mass is 10.1. The van der Waals surface area contributed by atoms with E-state index in [0.717, 1.165) is 30.4 Å². The molecule has 2 aromatic rings. The highest BCUT2D eigenvalue weighted by molar-refractivity contribution is 5.04. The maximum Gasteiger partial charge on any atom is 0.229 e. The van der Waals surface area contributed by atoms with E-state index < -0.39 is 0 Å². The van der Waals surface area contributed by atoms with Crippen LogP contribution in [0.4, 0.5) is 0 Å². The van der Waals surface area contributed by atoms with Crippen molar-refractivity contribution in [3.05, 3.63) is 23.4 Å². The summed E-state index contributed by atoms with van der Waals surface area (Å²) in [4.78, 5) is 8.85. The van der Waals surface area contributed by atoms with Crippen LogP contribution in [0.15, 0.2) is 9.05 Å². The van der Waals surface area contributed by atoms with Crippen molar-refractivity contribution in [3.63, 3.8) is 0 Å². The molecule has 20 heavy (non-hydrogen) atoms. The van der Waals surface area contributed by atoms with Gasteiger partial charge in [-0.2, -0.15) is 9.97 Å². The standard InChI is InChI=1S/C14H20N4O2/c1-8(2)12-15-11(19-17-12)7-4-9(3)13-16-14(20-18-13)10-5-6-10/h8-10H,4-7H2,1-3H3. The Morgan fingerprint density at radius 2 is 1.80 bits per heavy atom. The zero-order valence-corrected chi connectivity index (χ0v) is 12.2. The highest BCUT2D eigenvalue weighted by Crippen LogP contribution is 2.39. The molecule has 6 heteroatoms. The molecule has 0 spiro atoms. The molecule has 0 aliphatic heterocycles. The number of aryl methyl sites for hydroxylation is 1. The van der Waals surface area contributed by atoms with Gasteiger partial charge in [-0.25, -0.2) is 0 Å². The fourth-order valence-corrected chi connectivity index (χ4v) is 2.02. The lowest BCUT2D eigenvalue weighted by Crippen LogP contribution is -1.99. The molecule has 1 atom stereocenters. The second-order valence-electron chi connectivity index (χ2n) is 5.91. The third-order valence-corrected chi connectivity index (χ3v) is 3.62. The van der Waals surface area contributed by atoms with Gasteiger partial charge >= 0.3 is 0 Å². The molecule has 1 fully saturated rings. The summed E-state index contributed by atoms with van der Waals surface area (Å²) < 4.78 is 10.5. The van der Waals surface area contributed by atoms with Crippen molar-refractivity contribution in [1.82, 2.24) is 20.3 Å². The van der Waals surface area contributed by atoms with Crippen LogP contribution in [0.25, 0.3) is 0 Å². The van der Waals surface area contributed by atoms with Crippen LogP contribution >= 0.6 is 0 Å². The second kappa shape index (κ2) is 5.34. The van der Waals surface area contributed by atoms with Gasteiger partial charge in [-0.15, -0.1) is 0 Å². The molecule has 6 nitrogen and oxygen atoms in total. The maximum atomic E-state index is 5.28. The zero-order valence-electron chi connectivity index (χ0n) is 12.2. The van der Waals surface area contributed by atoms with Crippen molar-refractivity contribution < 1.29 is 9.05 Å². The van der Waals surface area contributed by atoms with Gasteiger partial charge in [0, 0.05) is 24.2 Å². The lowest BCUT2D eigenvalue weighted by molar-refractivity contribution is 0.359. The lowest BCUT2D eigenvalue weighted by Gasteiger charge is -2.03. The quantitative estimate of drug-likeness (QED) is 0.806. The van der Waals surface area contributed by atoms with E-state index in [1.807, 2.05) is 0 Å². The van der Waals surface area contributed by atoms with Crippen LogP contribution in [0.2, 0.25) is 0 Å². The average molecular weight is 276 g/mol. The second-order valence-corrected chi connectivity index (χ2v) is 5.91. The third-order valence-electron chi connectivity index (χ3n) is 3.62. The van der Waals surface area contributed by atoms with Crippen LogP contribution in [0.5, 0.6) is 0 Å². The van der Waals surface area contributed by atoms with Crippen molar-refractivity contribution in [2.75, 3.05) is 0 Å². The Kier molecular flexibility index (Phi) is 3.54. The molecular weight excluding hydrogens is 256 g/mol. The largest absolute Gasteiger partial charge is 0.339 e. The van der Waals surface area contributed by atoms with Gasteiger partial charge in [-0.1, -0.05) is 31.1 Å². The molecule has 3 rings (SSSR count). The average Bonchev–Trinajstić information content (AvgIpc) is 2.98. The molecular formula is C14H20N4O2. The van der Waals surface area contributed by atoms with Crippen molar-refractivity contribution in [1.29, 1.82) is 0 Å². The predicted molar refractivity (Wildman–Crippen MR) is 71.4 cm³/mol. The highest BCUT2D eigenvalue weighted by Gasteiger charge is 2.30. The van der Waals surface area contributed by atoms with Crippen molar-refractivity contribution >= 4 is 0 Å². The zero-order chi connectivity index (χ0) is 14.1. The van der Waals surface area contributed by atoms with Crippen molar-refractivity contribution in [2.24, 2.45) is 0 Å². The predicted octanol–water partition coefficient (Wildman–Crippen LogP) is 3.19. The first-order chi connectivity index (χ1) is 9.63. The fourth-order valence-electron chi connectivity index (χ4n) is 2.02. The summed E-state index contributed by atoms with van der Waals surface area (Å²) >= 11 is 0. The molecule has 1 saturated carbocycles. The summed E-state index contributed by atoms with van der Waals surface area (Å²) in [5.41, 5.74) is 0. The minimum Gasteiger partial charge on any atom is -0.339 e. The summed E-state index contributed by atoms with van der Waals surface area (Å²) in [6.45, 7) is 6.20. The first-order valence-corrected chi connectivity index (χ1v) is 7.29. The summed E-state index contributed by atoms with van der Waals surface area (Å²) in [6.07, 6.45) is 3.98. The van der Waals surface area contributed by atoms with Crippen LogP contribution in [0.3, 0.4) is 0 Å². The smallest absolute Gasteiger partial charge is 0.229 e. The van der Waals surface area contributed by atoms with Crippen molar-refractivity contribution in [3.8, 4) is 0 Å². The Balaban J connectivity index is 1.56. The van der Waals surface area contributed by atoms with Crippen LogP contribution < -0.4 is 0 Å². The molecule has 0 amide bonds. The Morgan fingerprint density at radius 3 is 2.45 bits per heavy atom. The minimum absolute atomic E-state index is 0.237. The van der Waals surface area contributed by atoms with E-state index in [2.05, 4.69) is 41.1 Å². The first-order valence-electron chi connectivity index (χ1n) is 7.29. The molecule has 108 valence electrons. The SMILES string of the molecule is CC(C)c1noc(CCC(C)c2noc(C3CC3)n2)n1. The first kappa shape index (κ1) is 13.3. The fraction of sp³-hybridized carbons (Fsp3) is 0.714. The Bertz CT molecular complexity index is 571. The topological polar surface area (TPSA) is 77.8 Å². The summed E-state index contributed by atoms with van der Waals surface area (Å²) in [5, 5.41) is 8.04. The van der Waals surface area contributed by atoms with E-state index in [4.69, 9.17) is 9.05 Å². The van der Waals surface area contributed by atoms with Crippen LogP contribution in [-0.2, 0) is 6.42 Å². The summed E-state index contributed by atoms with van der Waals surface area (Å²) in [7, 11) is 0. The number of hydrogen-bond acceptors (Lipinski definition) is 6. The Hall–Kier alpha value is -1.72. The van der Waals surface area contributed by atoms with E-state index in [1.165, 1.54) is 12.8 Å². The number of aromatic nitrogens is 4. The number of rotatable bonds is 6. The number of hydrogen-bond donors (Lipinski definition) is 0. The molecule has 0 radical (unpaired) electrons. The van der Waals surface area contributed by atoms with Gasteiger partial charge < -0.3 is 9.05 Å². The molecule has 0 bridgehead atoms. The van der Waals surface area contributed by atoms with Crippen molar-refractivity contribution in [2.45, 2.75) is 64.2 Å². The van der Waals surface area contributed by atoms with Gasteiger partial charge in [0.2, 0.25) is 11.8 Å². The van der Waals surface area contributed by atoms with E-state index in [9.17, 15) is 0 Å². The van der Waals surface area contributed by atoms with Crippen LogP contribution in [0.1, 0.15) is 81.2 Å². The number of nitrogens with zero attached hydrogens (tertiary/aromatic N) is 4. The van der Waals surface area contributed by atoms with Gasteiger partial charge in [0.1, 0.15) is 0 Å². The molecule has 0 aromatic carbocycles. The van der Waals surface area contributed by atoms with Gasteiger partial charge in [0.15, 0.2) is 11.6 Å². The summed E-state index contributed by atoms with van der Waals surface area (Å²) in [6, 6.07) is 0. The molecule has 1 aliphatic rings. The Morgan fingerprint density at radius 1 is 1.05 bits per heavy atom. The molecule has 2 aromatic heterocycles. The van der Waals surface area contributed by atoms with E-state index in [1.54, 1.807) is 0 Å². The molecule has 2 heterocycles.